The fourth-order valence-corrected chi connectivity index (χ4v) is 4.53. The van der Waals surface area contributed by atoms with Gasteiger partial charge in [0, 0.05) is 18.5 Å². The Bertz CT molecular complexity index is 1010. The van der Waals surface area contributed by atoms with E-state index in [1.807, 2.05) is 18.4 Å². The number of hydrogen-bond donors (Lipinski definition) is 0. The minimum Gasteiger partial charge on any atom is -0.312 e. The minimum absolute atomic E-state index is 0.484. The van der Waals surface area contributed by atoms with Crippen molar-refractivity contribution < 1.29 is 0 Å². The van der Waals surface area contributed by atoms with Crippen LogP contribution in [0.2, 0.25) is 0 Å². The number of aliphatic imine (C=N–C) groups is 1. The molecule has 6 heteroatoms. The third-order valence-electron chi connectivity index (χ3n) is 5.75. The number of imidazole rings is 1. The second kappa shape index (κ2) is 6.57. The predicted octanol–water partition coefficient (Wildman–Crippen LogP) is 5.24. The summed E-state index contributed by atoms with van der Waals surface area (Å²) in [7, 11) is 2.03. The van der Waals surface area contributed by atoms with Crippen LogP contribution in [0.15, 0.2) is 53.8 Å². The maximum atomic E-state index is 6.64. The third-order valence-corrected chi connectivity index (χ3v) is 6.03. The summed E-state index contributed by atoms with van der Waals surface area (Å²) in [6, 6.07) is 15.2. The summed E-state index contributed by atoms with van der Waals surface area (Å²) < 4.78 is 2.22. The molecule has 3 aromatic rings. The summed E-state index contributed by atoms with van der Waals surface area (Å²) in [6.07, 6.45) is 6.91. The second-order valence-corrected chi connectivity index (χ2v) is 7.66. The molecule has 0 amide bonds. The van der Waals surface area contributed by atoms with E-state index in [9.17, 15) is 0 Å². The summed E-state index contributed by atoms with van der Waals surface area (Å²) in [5.74, 6) is 0.925. The lowest BCUT2D eigenvalue weighted by molar-refractivity contribution is 0.398. The topological polar surface area (TPSA) is 36.7 Å². The third kappa shape index (κ3) is 2.77. The Labute approximate surface area is 163 Å². The lowest BCUT2D eigenvalue weighted by Crippen LogP contribution is -2.43. The highest BCUT2D eigenvalue weighted by Crippen LogP contribution is 2.37. The van der Waals surface area contributed by atoms with E-state index in [2.05, 4.69) is 57.0 Å². The molecule has 1 aliphatic carbocycles. The van der Waals surface area contributed by atoms with E-state index in [0.29, 0.717) is 17.9 Å². The van der Waals surface area contributed by atoms with Gasteiger partial charge in [0.25, 0.3) is 0 Å². The van der Waals surface area contributed by atoms with Crippen molar-refractivity contribution in [2.45, 2.75) is 38.3 Å². The summed E-state index contributed by atoms with van der Waals surface area (Å²) in [6.45, 7) is 0.622. The monoisotopic (exact) mass is 379 g/mol. The van der Waals surface area contributed by atoms with Gasteiger partial charge < -0.3 is 4.57 Å². The van der Waals surface area contributed by atoms with Gasteiger partial charge in [-0.2, -0.15) is 4.99 Å². The van der Waals surface area contributed by atoms with E-state index in [4.69, 9.17) is 16.6 Å². The molecule has 0 bridgehead atoms. The molecule has 2 aromatic carbocycles. The highest BCUT2D eigenvalue weighted by Gasteiger charge is 2.29. The Balaban J connectivity index is 1.49. The number of benzene rings is 2. The molecule has 0 unspecified atom stereocenters. The van der Waals surface area contributed by atoms with Crippen LogP contribution in [0.4, 0.5) is 11.5 Å². The smallest absolute Gasteiger partial charge is 0.220 e. The van der Waals surface area contributed by atoms with Gasteiger partial charge in [0.05, 0.1) is 18.6 Å². The maximum absolute atomic E-state index is 6.64. The Morgan fingerprint density at radius 3 is 2.70 bits per heavy atom. The van der Waals surface area contributed by atoms with Gasteiger partial charge in [-0.05, 0) is 35.9 Å². The van der Waals surface area contributed by atoms with Gasteiger partial charge in [-0.15, -0.1) is 0 Å². The molecule has 27 heavy (non-hydrogen) atoms. The van der Waals surface area contributed by atoms with Crippen LogP contribution in [0.1, 0.15) is 37.4 Å². The molecule has 138 valence electrons. The van der Waals surface area contributed by atoms with E-state index in [0.717, 1.165) is 17.2 Å². The van der Waals surface area contributed by atoms with Gasteiger partial charge in [0.15, 0.2) is 5.82 Å². The zero-order chi connectivity index (χ0) is 18.4. The van der Waals surface area contributed by atoms with Crippen molar-refractivity contribution in [1.82, 2.24) is 14.6 Å². The molecule has 5 rings (SSSR count). The Hall–Kier alpha value is -2.53. The molecule has 2 heterocycles. The van der Waals surface area contributed by atoms with E-state index < -0.39 is 0 Å². The average molecular weight is 380 g/mol. The van der Waals surface area contributed by atoms with E-state index >= 15 is 0 Å². The number of amidine groups is 1. The molecule has 0 radical (unpaired) electrons. The van der Waals surface area contributed by atoms with Gasteiger partial charge in [-0.1, -0.05) is 49.2 Å². The molecule has 1 saturated carbocycles. The van der Waals surface area contributed by atoms with Gasteiger partial charge in [0.2, 0.25) is 5.29 Å². The van der Waals surface area contributed by atoms with Gasteiger partial charge >= 0.3 is 0 Å². The molecule has 5 nitrogen and oxygen atoms in total. The molecule has 1 aliphatic heterocycles. The van der Waals surface area contributed by atoms with Crippen LogP contribution in [0.5, 0.6) is 0 Å². The highest BCUT2D eigenvalue weighted by atomic mass is 35.5. The lowest BCUT2D eigenvalue weighted by Gasteiger charge is -2.36. The first-order valence-electron chi connectivity index (χ1n) is 9.51. The normalized spacial score (nSPS) is 17.3. The number of rotatable bonds is 3. The minimum atomic E-state index is 0.484. The number of anilines is 1. The van der Waals surface area contributed by atoms with Gasteiger partial charge in [-0.25, -0.2) is 4.98 Å². The van der Waals surface area contributed by atoms with E-state index in [1.165, 1.54) is 36.5 Å². The fourth-order valence-electron chi connectivity index (χ4n) is 4.28. The Kier molecular flexibility index (Phi) is 4.05. The summed E-state index contributed by atoms with van der Waals surface area (Å²) in [4.78, 5) is 9.38. The van der Waals surface area contributed by atoms with Crippen molar-refractivity contribution in [3.05, 3.63) is 54.5 Å². The molecule has 0 atom stereocenters. The summed E-state index contributed by atoms with van der Waals surface area (Å²) in [5, 5.41) is 6.94. The standard InChI is InChI=1S/C21H22ClN5/c1-25(19-12-6-8-15-7-2-5-11-17(15)19)27-13-18-20(24-21(27)22)26(14-23-18)16-9-3-4-10-16/h2,5-8,11-12,14,16H,3-4,9-10,13H2,1H3. The number of aromatic nitrogens is 2. The van der Waals surface area contributed by atoms with Crippen LogP contribution in [-0.2, 0) is 6.54 Å². The number of fused-ring (bicyclic) bond motifs is 2. The molecule has 0 saturated heterocycles. The van der Waals surface area contributed by atoms with Crippen molar-refractivity contribution in [1.29, 1.82) is 0 Å². The molecular weight excluding hydrogens is 358 g/mol. The van der Waals surface area contributed by atoms with Crippen LogP contribution in [0, 0.1) is 0 Å². The van der Waals surface area contributed by atoms with Crippen LogP contribution in [-0.4, -0.2) is 26.9 Å². The Morgan fingerprint density at radius 1 is 1.07 bits per heavy atom. The zero-order valence-corrected chi connectivity index (χ0v) is 16.1. The highest BCUT2D eigenvalue weighted by molar-refractivity contribution is 6.65. The SMILES string of the molecule is CN(c1cccc2ccccc12)N1Cc2ncn(C3CCCC3)c2N=C1Cl. The largest absolute Gasteiger partial charge is 0.312 e. The molecular formula is C21H22ClN5. The first-order valence-corrected chi connectivity index (χ1v) is 9.89. The first-order chi connectivity index (χ1) is 13.2. The number of halogens is 1. The van der Waals surface area contributed by atoms with Crippen LogP contribution in [0.3, 0.4) is 0 Å². The van der Waals surface area contributed by atoms with Crippen molar-refractivity contribution in [3.8, 4) is 0 Å². The zero-order valence-electron chi connectivity index (χ0n) is 15.3. The Morgan fingerprint density at radius 2 is 1.85 bits per heavy atom. The molecule has 2 aliphatic rings. The van der Waals surface area contributed by atoms with Crippen molar-refractivity contribution in [3.63, 3.8) is 0 Å². The molecule has 0 spiro atoms. The van der Waals surface area contributed by atoms with Crippen LogP contribution >= 0.6 is 11.6 Å². The average Bonchev–Trinajstić information content (AvgIpc) is 3.35. The van der Waals surface area contributed by atoms with Crippen molar-refractivity contribution >= 4 is 39.2 Å². The van der Waals surface area contributed by atoms with Crippen molar-refractivity contribution in [2.75, 3.05) is 12.1 Å². The van der Waals surface area contributed by atoms with Gasteiger partial charge in [-0.3, -0.25) is 10.0 Å². The first kappa shape index (κ1) is 16.6. The lowest BCUT2D eigenvalue weighted by atomic mass is 10.1. The molecule has 1 aromatic heterocycles. The van der Waals surface area contributed by atoms with Crippen LogP contribution < -0.4 is 5.01 Å². The fraction of sp³-hybridized carbons (Fsp3) is 0.333. The molecule has 1 fully saturated rings. The van der Waals surface area contributed by atoms with Crippen LogP contribution in [0.25, 0.3) is 10.8 Å². The van der Waals surface area contributed by atoms with Gasteiger partial charge in [0.1, 0.15) is 5.69 Å². The summed E-state index contributed by atoms with van der Waals surface area (Å²) in [5.41, 5.74) is 2.08. The van der Waals surface area contributed by atoms with Crippen molar-refractivity contribution in [2.24, 2.45) is 4.99 Å². The number of nitrogens with zero attached hydrogens (tertiary/aromatic N) is 5. The summed E-state index contributed by atoms with van der Waals surface area (Å²) >= 11 is 6.64. The maximum Gasteiger partial charge on any atom is 0.220 e. The molecule has 0 N–H and O–H groups in total. The second-order valence-electron chi connectivity index (χ2n) is 7.32. The quantitative estimate of drug-likeness (QED) is 0.583. The van der Waals surface area contributed by atoms with E-state index in [-0.39, 0.29) is 0 Å². The van der Waals surface area contributed by atoms with E-state index in [1.54, 1.807) is 0 Å². The predicted molar refractivity (Wildman–Crippen MR) is 111 cm³/mol. The number of hydrogen-bond acceptors (Lipinski definition) is 4. The number of hydrazine groups is 1.